The molecular weight excluding hydrogens is 251 g/mol. The van der Waals surface area contributed by atoms with E-state index in [1.807, 2.05) is 36.4 Å². The zero-order valence-electron chi connectivity index (χ0n) is 11.7. The summed E-state index contributed by atoms with van der Waals surface area (Å²) < 4.78 is 13.5. The van der Waals surface area contributed by atoms with Crippen LogP contribution in [0.5, 0.6) is 0 Å². The Hall–Kier alpha value is -2.18. The van der Waals surface area contributed by atoms with Crippen LogP contribution in [-0.4, -0.2) is 0 Å². The van der Waals surface area contributed by atoms with E-state index in [4.69, 9.17) is 5.26 Å². The van der Waals surface area contributed by atoms with Crippen molar-refractivity contribution in [3.63, 3.8) is 0 Å². The third-order valence-electron chi connectivity index (χ3n) is 3.28. The molecule has 0 aliphatic heterocycles. The van der Waals surface area contributed by atoms with Gasteiger partial charge in [0.25, 0.3) is 0 Å². The number of hydrogen-bond donors (Lipinski definition) is 1. The van der Waals surface area contributed by atoms with Crippen molar-refractivity contribution >= 4 is 0 Å². The van der Waals surface area contributed by atoms with Crippen LogP contribution in [-0.2, 0) is 13.1 Å². The number of nitriles is 1. The van der Waals surface area contributed by atoms with Crippen molar-refractivity contribution in [2.75, 3.05) is 0 Å². The van der Waals surface area contributed by atoms with Crippen LogP contribution >= 0.6 is 0 Å². The molecule has 0 aliphatic carbocycles. The lowest BCUT2D eigenvalue weighted by Crippen LogP contribution is -2.14. The van der Waals surface area contributed by atoms with Gasteiger partial charge in [0.15, 0.2) is 0 Å². The molecule has 2 aromatic carbocycles. The summed E-state index contributed by atoms with van der Waals surface area (Å²) in [6.07, 6.45) is 0. The van der Waals surface area contributed by atoms with Gasteiger partial charge < -0.3 is 5.32 Å². The molecule has 0 spiro atoms. The Balaban J connectivity index is 2.02. The second kappa shape index (κ2) is 6.31. The standard InChI is InChI=1S/C17H17FN2/c1-12-7-14(8-13(2)17(12)18)10-20-11-16-6-4-3-5-15(16)9-19/h3-8,20H,10-11H2,1-2H3. The average molecular weight is 268 g/mol. The molecule has 0 saturated carbocycles. The summed E-state index contributed by atoms with van der Waals surface area (Å²) in [5.74, 6) is -0.136. The monoisotopic (exact) mass is 268 g/mol. The number of benzene rings is 2. The molecule has 2 rings (SSSR count). The average Bonchev–Trinajstić information content (AvgIpc) is 2.45. The molecule has 0 atom stereocenters. The van der Waals surface area contributed by atoms with Crippen LogP contribution in [0.2, 0.25) is 0 Å². The molecule has 0 radical (unpaired) electrons. The Labute approximate surface area is 118 Å². The zero-order valence-corrected chi connectivity index (χ0v) is 11.7. The van der Waals surface area contributed by atoms with Crippen LogP contribution in [0.15, 0.2) is 36.4 Å². The van der Waals surface area contributed by atoms with Crippen molar-refractivity contribution in [1.29, 1.82) is 5.26 Å². The summed E-state index contributed by atoms with van der Waals surface area (Å²) in [5.41, 5.74) is 4.05. The van der Waals surface area contributed by atoms with E-state index < -0.39 is 0 Å². The van der Waals surface area contributed by atoms with Gasteiger partial charge >= 0.3 is 0 Å². The van der Waals surface area contributed by atoms with Gasteiger partial charge in [-0.2, -0.15) is 5.26 Å². The molecule has 0 amide bonds. The lowest BCUT2D eigenvalue weighted by Gasteiger charge is -2.09. The summed E-state index contributed by atoms with van der Waals surface area (Å²) in [6, 6.07) is 13.4. The Morgan fingerprint density at radius 3 is 2.40 bits per heavy atom. The minimum absolute atomic E-state index is 0.136. The number of rotatable bonds is 4. The van der Waals surface area contributed by atoms with Crippen LogP contribution in [0.1, 0.15) is 27.8 Å². The van der Waals surface area contributed by atoms with Crippen molar-refractivity contribution in [3.05, 3.63) is 70.0 Å². The van der Waals surface area contributed by atoms with Crippen molar-refractivity contribution in [2.24, 2.45) is 0 Å². The first kappa shape index (κ1) is 14.2. The fourth-order valence-corrected chi connectivity index (χ4v) is 2.26. The molecule has 102 valence electrons. The summed E-state index contributed by atoms with van der Waals surface area (Å²) in [7, 11) is 0. The van der Waals surface area contributed by atoms with Gasteiger partial charge in [0.05, 0.1) is 11.6 Å². The summed E-state index contributed by atoms with van der Waals surface area (Å²) in [6.45, 7) is 4.83. The van der Waals surface area contributed by atoms with Crippen LogP contribution in [0.3, 0.4) is 0 Å². The fraction of sp³-hybridized carbons (Fsp3) is 0.235. The number of aryl methyl sites for hydroxylation is 2. The topological polar surface area (TPSA) is 35.8 Å². The summed E-state index contributed by atoms with van der Waals surface area (Å²) in [4.78, 5) is 0. The maximum absolute atomic E-state index is 13.5. The van der Waals surface area contributed by atoms with E-state index in [9.17, 15) is 4.39 Å². The molecule has 0 heterocycles. The lowest BCUT2D eigenvalue weighted by atomic mass is 10.1. The number of nitrogens with zero attached hydrogens (tertiary/aromatic N) is 1. The van der Waals surface area contributed by atoms with Crippen LogP contribution in [0.25, 0.3) is 0 Å². The Bertz CT molecular complexity index is 633. The van der Waals surface area contributed by atoms with Gasteiger partial charge in [-0.05, 0) is 42.2 Å². The second-order valence-corrected chi connectivity index (χ2v) is 4.92. The minimum Gasteiger partial charge on any atom is -0.309 e. The molecule has 2 aromatic rings. The molecule has 0 unspecified atom stereocenters. The number of hydrogen-bond acceptors (Lipinski definition) is 2. The largest absolute Gasteiger partial charge is 0.309 e. The zero-order chi connectivity index (χ0) is 14.5. The highest BCUT2D eigenvalue weighted by Gasteiger charge is 2.05. The lowest BCUT2D eigenvalue weighted by molar-refractivity contribution is 0.606. The Morgan fingerprint density at radius 2 is 1.75 bits per heavy atom. The smallest absolute Gasteiger partial charge is 0.129 e. The molecule has 0 saturated heterocycles. The predicted octanol–water partition coefficient (Wildman–Crippen LogP) is 3.60. The van der Waals surface area contributed by atoms with Gasteiger partial charge in [-0.1, -0.05) is 30.3 Å². The minimum atomic E-state index is -0.136. The van der Waals surface area contributed by atoms with Gasteiger partial charge in [0.1, 0.15) is 5.82 Å². The highest BCUT2D eigenvalue weighted by molar-refractivity contribution is 5.37. The Morgan fingerprint density at radius 1 is 1.10 bits per heavy atom. The van der Waals surface area contributed by atoms with E-state index in [1.54, 1.807) is 13.8 Å². The predicted molar refractivity (Wildman–Crippen MR) is 77.6 cm³/mol. The van der Waals surface area contributed by atoms with Crippen molar-refractivity contribution in [1.82, 2.24) is 5.32 Å². The number of halogens is 1. The Kier molecular flexibility index (Phi) is 4.49. The molecule has 0 bridgehead atoms. The van der Waals surface area contributed by atoms with Crippen molar-refractivity contribution < 1.29 is 4.39 Å². The third kappa shape index (κ3) is 3.23. The SMILES string of the molecule is Cc1cc(CNCc2ccccc2C#N)cc(C)c1F. The van der Waals surface area contributed by atoms with Gasteiger partial charge in [0.2, 0.25) is 0 Å². The van der Waals surface area contributed by atoms with Crippen LogP contribution < -0.4 is 5.32 Å². The van der Waals surface area contributed by atoms with E-state index in [2.05, 4.69) is 11.4 Å². The highest BCUT2D eigenvalue weighted by atomic mass is 19.1. The van der Waals surface area contributed by atoms with E-state index in [0.717, 1.165) is 11.1 Å². The molecular formula is C17H17FN2. The first-order valence-electron chi connectivity index (χ1n) is 6.56. The summed E-state index contributed by atoms with van der Waals surface area (Å²) in [5, 5.41) is 12.3. The fourth-order valence-electron chi connectivity index (χ4n) is 2.26. The molecule has 0 fully saturated rings. The molecule has 0 aromatic heterocycles. The molecule has 20 heavy (non-hydrogen) atoms. The molecule has 1 N–H and O–H groups in total. The van der Waals surface area contributed by atoms with Gasteiger partial charge in [-0.25, -0.2) is 4.39 Å². The van der Waals surface area contributed by atoms with E-state index in [1.165, 1.54) is 0 Å². The first-order chi connectivity index (χ1) is 9.61. The van der Waals surface area contributed by atoms with Gasteiger partial charge in [-0.3, -0.25) is 0 Å². The van der Waals surface area contributed by atoms with E-state index >= 15 is 0 Å². The number of nitrogens with one attached hydrogen (secondary N) is 1. The van der Waals surface area contributed by atoms with Crippen molar-refractivity contribution in [3.8, 4) is 6.07 Å². The van der Waals surface area contributed by atoms with Gasteiger partial charge in [0, 0.05) is 13.1 Å². The van der Waals surface area contributed by atoms with E-state index in [-0.39, 0.29) is 5.82 Å². The summed E-state index contributed by atoms with van der Waals surface area (Å²) >= 11 is 0. The van der Waals surface area contributed by atoms with Crippen LogP contribution in [0, 0.1) is 31.0 Å². The van der Waals surface area contributed by atoms with Crippen molar-refractivity contribution in [2.45, 2.75) is 26.9 Å². The second-order valence-electron chi connectivity index (χ2n) is 4.92. The third-order valence-corrected chi connectivity index (χ3v) is 3.28. The highest BCUT2D eigenvalue weighted by Crippen LogP contribution is 2.15. The molecule has 0 aliphatic rings. The molecule has 3 heteroatoms. The quantitative estimate of drug-likeness (QED) is 0.919. The maximum atomic E-state index is 13.5. The van der Waals surface area contributed by atoms with E-state index in [0.29, 0.717) is 29.8 Å². The van der Waals surface area contributed by atoms with Crippen LogP contribution in [0.4, 0.5) is 4.39 Å². The maximum Gasteiger partial charge on any atom is 0.129 e. The first-order valence-corrected chi connectivity index (χ1v) is 6.56. The van der Waals surface area contributed by atoms with Gasteiger partial charge in [-0.15, -0.1) is 0 Å². The normalized spacial score (nSPS) is 10.3. The molecule has 2 nitrogen and oxygen atoms in total.